The summed E-state index contributed by atoms with van der Waals surface area (Å²) in [6.07, 6.45) is 0. The molecule has 0 amide bonds. The number of benzene rings is 2. The summed E-state index contributed by atoms with van der Waals surface area (Å²) in [6.45, 7) is 3.35. The van der Waals surface area contributed by atoms with Crippen molar-refractivity contribution in [2.75, 3.05) is 31.2 Å². The standard InChI is InChI=1S/C15H18N4O/c16-15(17)18-13-5-6-14(19-7-9-20-10-8-19)12-4-2-1-3-11(12)13/h1-6H,7-10H2,(H4,16,17,18). The third-order valence-electron chi connectivity index (χ3n) is 3.48. The molecule has 4 N–H and O–H groups in total. The van der Waals surface area contributed by atoms with Gasteiger partial charge in [0.1, 0.15) is 0 Å². The van der Waals surface area contributed by atoms with E-state index < -0.39 is 0 Å². The first kappa shape index (κ1) is 12.7. The summed E-state index contributed by atoms with van der Waals surface area (Å²) in [5, 5.41) is 2.22. The highest BCUT2D eigenvalue weighted by Crippen LogP contribution is 2.34. The Bertz CT molecular complexity index is 643. The van der Waals surface area contributed by atoms with Crippen LogP contribution in [0.2, 0.25) is 0 Å². The van der Waals surface area contributed by atoms with Gasteiger partial charge in [-0.05, 0) is 12.1 Å². The zero-order valence-electron chi connectivity index (χ0n) is 11.2. The predicted octanol–water partition coefficient (Wildman–Crippen LogP) is 1.58. The first-order chi connectivity index (χ1) is 9.75. The SMILES string of the molecule is NC(N)=Nc1ccc(N2CCOCC2)c2ccccc12. The predicted molar refractivity (Wildman–Crippen MR) is 82.4 cm³/mol. The highest BCUT2D eigenvalue weighted by Gasteiger charge is 2.14. The van der Waals surface area contributed by atoms with Crippen molar-refractivity contribution in [3.8, 4) is 0 Å². The van der Waals surface area contributed by atoms with Crippen molar-refractivity contribution in [1.82, 2.24) is 0 Å². The third kappa shape index (κ3) is 2.40. The van der Waals surface area contributed by atoms with E-state index in [1.54, 1.807) is 0 Å². The Kier molecular flexibility index (Phi) is 3.43. The van der Waals surface area contributed by atoms with Gasteiger partial charge in [-0.25, -0.2) is 4.99 Å². The van der Waals surface area contributed by atoms with E-state index in [2.05, 4.69) is 22.0 Å². The Labute approximate surface area is 117 Å². The summed E-state index contributed by atoms with van der Waals surface area (Å²) in [4.78, 5) is 6.54. The van der Waals surface area contributed by atoms with Gasteiger partial charge in [0.2, 0.25) is 0 Å². The number of rotatable bonds is 2. The number of morpholine rings is 1. The molecule has 104 valence electrons. The van der Waals surface area contributed by atoms with Crippen LogP contribution in [-0.2, 0) is 4.74 Å². The number of anilines is 1. The van der Waals surface area contributed by atoms with Crippen LogP contribution in [-0.4, -0.2) is 32.3 Å². The highest BCUT2D eigenvalue weighted by atomic mass is 16.5. The van der Waals surface area contributed by atoms with E-state index in [0.29, 0.717) is 0 Å². The van der Waals surface area contributed by atoms with Crippen molar-refractivity contribution in [2.45, 2.75) is 0 Å². The lowest BCUT2D eigenvalue weighted by Gasteiger charge is -2.30. The quantitative estimate of drug-likeness (QED) is 0.641. The second kappa shape index (κ2) is 5.38. The van der Waals surface area contributed by atoms with Crippen LogP contribution in [0.1, 0.15) is 0 Å². The topological polar surface area (TPSA) is 76.9 Å². The second-order valence-corrected chi connectivity index (χ2v) is 4.79. The minimum absolute atomic E-state index is 0.0780. The van der Waals surface area contributed by atoms with Gasteiger partial charge < -0.3 is 21.1 Å². The third-order valence-corrected chi connectivity index (χ3v) is 3.48. The number of nitrogens with zero attached hydrogens (tertiary/aromatic N) is 2. The summed E-state index contributed by atoms with van der Waals surface area (Å²) in [7, 11) is 0. The van der Waals surface area contributed by atoms with Crippen molar-refractivity contribution >= 4 is 28.1 Å². The number of aliphatic imine (C=N–C) groups is 1. The maximum Gasteiger partial charge on any atom is 0.191 e. The Morgan fingerprint density at radius 2 is 1.70 bits per heavy atom. The van der Waals surface area contributed by atoms with Gasteiger partial charge in [0.25, 0.3) is 0 Å². The van der Waals surface area contributed by atoms with Crippen LogP contribution >= 0.6 is 0 Å². The number of hydrogen-bond acceptors (Lipinski definition) is 3. The van der Waals surface area contributed by atoms with Crippen LogP contribution in [0.15, 0.2) is 41.4 Å². The zero-order valence-corrected chi connectivity index (χ0v) is 11.2. The average Bonchev–Trinajstić information content (AvgIpc) is 2.48. The van der Waals surface area contributed by atoms with E-state index in [1.165, 1.54) is 5.69 Å². The fraction of sp³-hybridized carbons (Fsp3) is 0.267. The van der Waals surface area contributed by atoms with Crippen molar-refractivity contribution in [3.05, 3.63) is 36.4 Å². The van der Waals surface area contributed by atoms with Gasteiger partial charge in [-0.3, -0.25) is 0 Å². The van der Waals surface area contributed by atoms with Crippen LogP contribution < -0.4 is 16.4 Å². The lowest BCUT2D eigenvalue weighted by Crippen LogP contribution is -2.36. The normalized spacial score (nSPS) is 15.3. The van der Waals surface area contributed by atoms with E-state index in [1.807, 2.05) is 24.3 Å². The number of fused-ring (bicyclic) bond motifs is 1. The molecule has 1 heterocycles. The van der Waals surface area contributed by atoms with E-state index >= 15 is 0 Å². The largest absolute Gasteiger partial charge is 0.378 e. The van der Waals surface area contributed by atoms with Crippen LogP contribution in [0.25, 0.3) is 10.8 Å². The van der Waals surface area contributed by atoms with Gasteiger partial charge in [0.15, 0.2) is 5.96 Å². The lowest BCUT2D eigenvalue weighted by molar-refractivity contribution is 0.123. The van der Waals surface area contributed by atoms with E-state index in [-0.39, 0.29) is 5.96 Å². The molecule has 1 aliphatic rings. The van der Waals surface area contributed by atoms with Crippen LogP contribution in [0.5, 0.6) is 0 Å². The van der Waals surface area contributed by atoms with E-state index in [9.17, 15) is 0 Å². The molecule has 0 aromatic heterocycles. The van der Waals surface area contributed by atoms with Crippen LogP contribution in [0.4, 0.5) is 11.4 Å². The van der Waals surface area contributed by atoms with Crippen LogP contribution in [0, 0.1) is 0 Å². The van der Waals surface area contributed by atoms with E-state index in [4.69, 9.17) is 16.2 Å². The van der Waals surface area contributed by atoms with Gasteiger partial charge in [0.05, 0.1) is 18.9 Å². The molecule has 5 heteroatoms. The molecular formula is C15H18N4O. The summed E-state index contributed by atoms with van der Waals surface area (Å²) in [6, 6.07) is 12.2. The molecule has 0 spiro atoms. The molecule has 1 fully saturated rings. The van der Waals surface area contributed by atoms with Crippen molar-refractivity contribution in [3.63, 3.8) is 0 Å². The first-order valence-electron chi connectivity index (χ1n) is 6.70. The van der Waals surface area contributed by atoms with Gasteiger partial charge in [-0.15, -0.1) is 0 Å². The van der Waals surface area contributed by atoms with Gasteiger partial charge >= 0.3 is 0 Å². The molecule has 0 unspecified atom stereocenters. The number of guanidine groups is 1. The smallest absolute Gasteiger partial charge is 0.191 e. The summed E-state index contributed by atoms with van der Waals surface area (Å²) < 4.78 is 5.41. The Morgan fingerprint density at radius 3 is 2.40 bits per heavy atom. The van der Waals surface area contributed by atoms with Crippen LogP contribution in [0.3, 0.4) is 0 Å². The minimum atomic E-state index is 0.0780. The molecule has 0 atom stereocenters. The van der Waals surface area contributed by atoms with Crippen molar-refractivity contribution in [1.29, 1.82) is 0 Å². The molecule has 0 aliphatic carbocycles. The maximum atomic E-state index is 5.50. The molecule has 0 saturated carbocycles. The molecule has 20 heavy (non-hydrogen) atoms. The monoisotopic (exact) mass is 270 g/mol. The summed E-state index contributed by atoms with van der Waals surface area (Å²) >= 11 is 0. The molecule has 1 saturated heterocycles. The molecule has 1 aliphatic heterocycles. The van der Waals surface area contributed by atoms with Gasteiger partial charge in [-0.1, -0.05) is 24.3 Å². The fourth-order valence-corrected chi connectivity index (χ4v) is 2.58. The van der Waals surface area contributed by atoms with Gasteiger partial charge in [0, 0.05) is 29.5 Å². The fourth-order valence-electron chi connectivity index (χ4n) is 2.58. The minimum Gasteiger partial charge on any atom is -0.378 e. The Balaban J connectivity index is 2.13. The Morgan fingerprint density at radius 1 is 1.00 bits per heavy atom. The Hall–Kier alpha value is -2.27. The maximum absolute atomic E-state index is 5.50. The zero-order chi connectivity index (χ0) is 13.9. The molecule has 0 radical (unpaired) electrons. The lowest BCUT2D eigenvalue weighted by atomic mass is 10.1. The molecule has 3 rings (SSSR count). The van der Waals surface area contributed by atoms with Crippen molar-refractivity contribution < 1.29 is 4.74 Å². The van der Waals surface area contributed by atoms with E-state index in [0.717, 1.165) is 42.8 Å². The number of hydrogen-bond donors (Lipinski definition) is 2. The second-order valence-electron chi connectivity index (χ2n) is 4.79. The molecular weight excluding hydrogens is 252 g/mol. The highest BCUT2D eigenvalue weighted by molar-refractivity contribution is 6.02. The first-order valence-corrected chi connectivity index (χ1v) is 6.70. The molecule has 2 aromatic rings. The molecule has 5 nitrogen and oxygen atoms in total. The average molecular weight is 270 g/mol. The van der Waals surface area contributed by atoms with Gasteiger partial charge in [-0.2, -0.15) is 0 Å². The number of ether oxygens (including phenoxy) is 1. The molecule has 2 aromatic carbocycles. The van der Waals surface area contributed by atoms with Crippen molar-refractivity contribution in [2.24, 2.45) is 16.5 Å². The molecule has 0 bridgehead atoms. The summed E-state index contributed by atoms with van der Waals surface area (Å²) in [5.74, 6) is 0.0780. The summed E-state index contributed by atoms with van der Waals surface area (Å²) in [5.41, 5.74) is 13.0. The number of nitrogens with two attached hydrogens (primary N) is 2.